The number of piperazine rings is 1. The molecule has 4 rings (SSSR count). The molecular formula is C25H28ClN3O2. The van der Waals surface area contributed by atoms with E-state index in [2.05, 4.69) is 24.0 Å². The fourth-order valence-corrected chi connectivity index (χ4v) is 4.45. The van der Waals surface area contributed by atoms with Gasteiger partial charge in [-0.15, -0.1) is 0 Å². The van der Waals surface area contributed by atoms with E-state index in [0.29, 0.717) is 24.5 Å². The van der Waals surface area contributed by atoms with Crippen molar-refractivity contribution in [2.75, 3.05) is 31.1 Å². The minimum absolute atomic E-state index is 0.0246. The highest BCUT2D eigenvalue weighted by atomic mass is 35.5. The topological polar surface area (TPSA) is 43.9 Å². The molecule has 162 valence electrons. The third kappa shape index (κ3) is 4.68. The van der Waals surface area contributed by atoms with Gasteiger partial charge in [0.15, 0.2) is 0 Å². The van der Waals surface area contributed by atoms with Crippen LogP contribution in [0.15, 0.2) is 65.3 Å². The van der Waals surface area contributed by atoms with Gasteiger partial charge in [0.1, 0.15) is 10.7 Å². The van der Waals surface area contributed by atoms with Crippen molar-refractivity contribution in [3.05, 3.63) is 76.5 Å². The molecule has 2 amide bonds. The van der Waals surface area contributed by atoms with E-state index in [1.807, 2.05) is 47.4 Å². The number of anilines is 1. The van der Waals surface area contributed by atoms with Crippen LogP contribution in [0.3, 0.4) is 0 Å². The smallest absolute Gasteiger partial charge is 0.283 e. The third-order valence-electron chi connectivity index (χ3n) is 5.96. The Morgan fingerprint density at radius 2 is 1.52 bits per heavy atom. The van der Waals surface area contributed by atoms with Crippen molar-refractivity contribution in [1.82, 2.24) is 9.80 Å². The van der Waals surface area contributed by atoms with Gasteiger partial charge in [-0.25, -0.2) is 4.90 Å². The fourth-order valence-electron chi connectivity index (χ4n) is 4.16. The van der Waals surface area contributed by atoms with Crippen LogP contribution in [-0.2, 0) is 22.6 Å². The Bertz CT molecular complexity index is 964. The molecule has 2 heterocycles. The fraction of sp³-hybridized carbons (Fsp3) is 0.360. The number of hydrogen-bond acceptors (Lipinski definition) is 4. The molecule has 31 heavy (non-hydrogen) atoms. The first kappa shape index (κ1) is 21.6. The minimum atomic E-state index is -0.435. The maximum absolute atomic E-state index is 13.2. The van der Waals surface area contributed by atoms with E-state index in [-0.39, 0.29) is 10.9 Å². The van der Waals surface area contributed by atoms with E-state index >= 15 is 0 Å². The highest BCUT2D eigenvalue weighted by Gasteiger charge is 2.41. The summed E-state index contributed by atoms with van der Waals surface area (Å²) in [5.74, 6) is -0.762. The van der Waals surface area contributed by atoms with Gasteiger partial charge in [0.05, 0.1) is 5.69 Å². The zero-order valence-electron chi connectivity index (χ0n) is 17.9. The Hall–Kier alpha value is -2.63. The second-order valence-electron chi connectivity index (χ2n) is 8.13. The number of carbonyl (C=O) groups is 2. The lowest BCUT2D eigenvalue weighted by molar-refractivity contribution is -0.121. The number of rotatable bonds is 7. The lowest BCUT2D eigenvalue weighted by atomic mass is 10.1. The molecule has 0 bridgehead atoms. The largest absolute Gasteiger partial charge is 0.363 e. The molecule has 2 aromatic carbocycles. The number of imide groups is 1. The SMILES string of the molecule is CCCCc1ccc(N2C(=O)C(Cl)=C(N3CCN(Cc4ccccc4)CC3)C2=O)cc1. The summed E-state index contributed by atoms with van der Waals surface area (Å²) in [4.78, 5) is 31.5. The van der Waals surface area contributed by atoms with Crippen molar-refractivity contribution >= 4 is 29.1 Å². The molecule has 1 fully saturated rings. The van der Waals surface area contributed by atoms with Gasteiger partial charge in [0.2, 0.25) is 0 Å². The van der Waals surface area contributed by atoms with Gasteiger partial charge < -0.3 is 4.90 Å². The predicted molar refractivity (Wildman–Crippen MR) is 124 cm³/mol. The van der Waals surface area contributed by atoms with E-state index < -0.39 is 5.91 Å². The first-order valence-electron chi connectivity index (χ1n) is 11.0. The van der Waals surface area contributed by atoms with E-state index in [1.54, 1.807) is 0 Å². The van der Waals surface area contributed by atoms with Crippen LogP contribution in [0.25, 0.3) is 0 Å². The van der Waals surface area contributed by atoms with Crippen LogP contribution in [0.4, 0.5) is 5.69 Å². The Kier molecular flexibility index (Phi) is 6.73. The minimum Gasteiger partial charge on any atom is -0.363 e. The number of benzene rings is 2. The van der Waals surface area contributed by atoms with Crippen LogP contribution in [0, 0.1) is 0 Å². The maximum atomic E-state index is 13.2. The quantitative estimate of drug-likeness (QED) is 0.610. The van der Waals surface area contributed by atoms with Crippen LogP contribution in [0.2, 0.25) is 0 Å². The van der Waals surface area contributed by atoms with E-state index in [4.69, 9.17) is 11.6 Å². The van der Waals surface area contributed by atoms with Crippen molar-refractivity contribution in [2.24, 2.45) is 0 Å². The number of carbonyl (C=O) groups excluding carboxylic acids is 2. The molecule has 0 aliphatic carbocycles. The molecule has 0 radical (unpaired) electrons. The highest BCUT2D eigenvalue weighted by Crippen LogP contribution is 2.32. The lowest BCUT2D eigenvalue weighted by Gasteiger charge is -2.36. The van der Waals surface area contributed by atoms with E-state index in [1.165, 1.54) is 16.0 Å². The van der Waals surface area contributed by atoms with Crippen molar-refractivity contribution in [1.29, 1.82) is 0 Å². The lowest BCUT2D eigenvalue weighted by Crippen LogP contribution is -2.47. The normalized spacial score (nSPS) is 17.7. The van der Waals surface area contributed by atoms with Crippen LogP contribution >= 0.6 is 11.6 Å². The second kappa shape index (κ2) is 9.67. The summed E-state index contributed by atoms with van der Waals surface area (Å²) in [5.41, 5.74) is 3.39. The second-order valence-corrected chi connectivity index (χ2v) is 8.51. The summed E-state index contributed by atoms with van der Waals surface area (Å²) in [5, 5.41) is 0.0246. The van der Waals surface area contributed by atoms with Gasteiger partial charge in [-0.3, -0.25) is 14.5 Å². The molecule has 0 atom stereocenters. The standard InChI is InChI=1S/C25H28ClN3O2/c1-2-3-7-19-10-12-21(13-11-19)29-24(30)22(26)23(25(29)31)28-16-14-27(15-17-28)18-20-8-5-4-6-9-20/h4-6,8-13H,2-3,7,14-18H2,1H3. The number of hydrogen-bond donors (Lipinski definition) is 0. The summed E-state index contributed by atoms with van der Waals surface area (Å²) < 4.78 is 0. The van der Waals surface area contributed by atoms with E-state index in [9.17, 15) is 9.59 Å². The van der Waals surface area contributed by atoms with Gasteiger partial charge in [-0.2, -0.15) is 0 Å². The van der Waals surface area contributed by atoms with Crippen LogP contribution < -0.4 is 4.90 Å². The molecule has 6 heteroatoms. The first-order valence-corrected chi connectivity index (χ1v) is 11.3. The Balaban J connectivity index is 1.41. The Labute approximate surface area is 188 Å². The number of aryl methyl sites for hydroxylation is 1. The molecule has 2 aromatic rings. The summed E-state index contributed by atoms with van der Waals surface area (Å²) in [7, 11) is 0. The molecule has 0 saturated carbocycles. The first-order chi connectivity index (χ1) is 15.1. The molecule has 0 unspecified atom stereocenters. The maximum Gasteiger partial charge on any atom is 0.283 e. The van der Waals surface area contributed by atoms with Gasteiger partial charge >= 0.3 is 0 Å². The Morgan fingerprint density at radius 3 is 2.16 bits per heavy atom. The average Bonchev–Trinajstić information content (AvgIpc) is 3.02. The van der Waals surface area contributed by atoms with Crippen molar-refractivity contribution in [3.63, 3.8) is 0 Å². The molecule has 5 nitrogen and oxygen atoms in total. The van der Waals surface area contributed by atoms with Gasteiger partial charge in [0.25, 0.3) is 11.8 Å². The summed E-state index contributed by atoms with van der Waals surface area (Å²) >= 11 is 6.38. The molecule has 2 aliphatic heterocycles. The summed E-state index contributed by atoms with van der Waals surface area (Å²) in [6.45, 7) is 6.01. The monoisotopic (exact) mass is 437 g/mol. The number of nitrogens with zero attached hydrogens (tertiary/aromatic N) is 3. The van der Waals surface area contributed by atoms with E-state index in [0.717, 1.165) is 38.9 Å². The Morgan fingerprint density at radius 1 is 0.839 bits per heavy atom. The number of unbranched alkanes of at least 4 members (excludes halogenated alkanes) is 1. The molecule has 2 aliphatic rings. The number of halogens is 1. The summed E-state index contributed by atoms with van der Waals surface area (Å²) in [6.07, 6.45) is 3.25. The summed E-state index contributed by atoms with van der Waals surface area (Å²) in [6, 6.07) is 18.0. The van der Waals surface area contributed by atoms with Crippen LogP contribution in [0.5, 0.6) is 0 Å². The predicted octanol–water partition coefficient (Wildman–Crippen LogP) is 4.17. The molecular weight excluding hydrogens is 410 g/mol. The van der Waals surface area contributed by atoms with Crippen molar-refractivity contribution < 1.29 is 9.59 Å². The molecule has 0 N–H and O–H groups in total. The average molecular weight is 438 g/mol. The van der Waals surface area contributed by atoms with Crippen LogP contribution in [0.1, 0.15) is 30.9 Å². The number of amides is 2. The molecule has 0 aromatic heterocycles. The zero-order valence-corrected chi connectivity index (χ0v) is 18.6. The molecule has 1 saturated heterocycles. The van der Waals surface area contributed by atoms with Gasteiger partial charge in [-0.05, 0) is 36.1 Å². The van der Waals surface area contributed by atoms with Gasteiger partial charge in [-0.1, -0.05) is 67.4 Å². The zero-order chi connectivity index (χ0) is 21.8. The molecule has 0 spiro atoms. The third-order valence-corrected chi connectivity index (χ3v) is 6.30. The van der Waals surface area contributed by atoms with Crippen LogP contribution in [-0.4, -0.2) is 47.8 Å². The highest BCUT2D eigenvalue weighted by molar-refractivity contribution is 6.52. The van der Waals surface area contributed by atoms with Gasteiger partial charge in [0, 0.05) is 32.7 Å². The van der Waals surface area contributed by atoms with Crippen molar-refractivity contribution in [2.45, 2.75) is 32.7 Å². The van der Waals surface area contributed by atoms with Crippen molar-refractivity contribution in [3.8, 4) is 0 Å².